The largest absolute Gasteiger partial charge is 0.507 e. The highest BCUT2D eigenvalue weighted by Gasteiger charge is 2.07. The van der Waals surface area contributed by atoms with Crippen molar-refractivity contribution in [1.29, 1.82) is 0 Å². The smallest absolute Gasteiger partial charge is 0.246 e. The first-order chi connectivity index (χ1) is 11.5. The maximum absolute atomic E-state index is 11.8. The molecule has 2 rings (SSSR count). The number of nitrogens with zero attached hydrogens (tertiary/aromatic N) is 3. The monoisotopic (exact) mass is 346 g/mol. The topological polar surface area (TPSA) is 77.8 Å². The second-order valence-electron chi connectivity index (χ2n) is 5.27. The molecule has 6 nitrogen and oxygen atoms in total. The molecule has 1 aromatic heterocycles. The fourth-order valence-electron chi connectivity index (χ4n) is 2.26. The summed E-state index contributed by atoms with van der Waals surface area (Å²) in [6, 6.07) is 5.41. The first-order valence-corrected chi connectivity index (χ1v) is 8.72. The van der Waals surface area contributed by atoms with Crippen LogP contribution in [0.5, 0.6) is 5.75 Å². The number of aromatic hydroxyl groups is 1. The van der Waals surface area contributed by atoms with Crippen molar-refractivity contribution in [2.24, 2.45) is 5.10 Å². The number of benzene rings is 1. The molecule has 0 atom stereocenters. The average molecular weight is 346 g/mol. The van der Waals surface area contributed by atoms with E-state index >= 15 is 0 Å². The Kier molecular flexibility index (Phi) is 6.31. The summed E-state index contributed by atoms with van der Waals surface area (Å²) in [6.07, 6.45) is 1.63. The highest BCUT2D eigenvalue weighted by atomic mass is 32.1. The number of aromatic nitrogens is 1. The van der Waals surface area contributed by atoms with Crippen LogP contribution in [0.25, 0.3) is 0 Å². The molecule has 24 heavy (non-hydrogen) atoms. The molecule has 7 heteroatoms. The summed E-state index contributed by atoms with van der Waals surface area (Å²) in [7, 11) is 0. The Morgan fingerprint density at radius 1 is 1.42 bits per heavy atom. The zero-order chi connectivity index (χ0) is 17.5. The van der Waals surface area contributed by atoms with Crippen molar-refractivity contribution in [1.82, 2.24) is 10.4 Å². The molecule has 2 N–H and O–H groups in total. The SMILES string of the molecule is CCN(CC)c1ccc(/C=N/NC(=O)Cc2nc(C)cs2)c(O)c1. The van der Waals surface area contributed by atoms with Crippen LogP contribution in [0.1, 0.15) is 30.1 Å². The number of aryl methyl sites for hydroxylation is 1. The molecule has 1 heterocycles. The molecule has 0 aliphatic carbocycles. The van der Waals surface area contributed by atoms with Crippen LogP contribution in [0.2, 0.25) is 0 Å². The minimum atomic E-state index is -0.236. The minimum absolute atomic E-state index is 0.132. The number of carbonyl (C=O) groups excluding carboxylic acids is 1. The number of phenols is 1. The number of rotatable bonds is 7. The van der Waals surface area contributed by atoms with Crippen molar-refractivity contribution in [3.05, 3.63) is 39.8 Å². The van der Waals surface area contributed by atoms with Crippen LogP contribution in [0.15, 0.2) is 28.7 Å². The van der Waals surface area contributed by atoms with Gasteiger partial charge < -0.3 is 10.0 Å². The molecule has 0 aliphatic rings. The molecule has 0 unspecified atom stereocenters. The fourth-order valence-corrected chi connectivity index (χ4v) is 3.03. The molecule has 0 radical (unpaired) electrons. The van der Waals surface area contributed by atoms with E-state index in [0.717, 1.165) is 29.5 Å². The summed E-state index contributed by atoms with van der Waals surface area (Å²) in [5, 5.41) is 16.7. The van der Waals surface area contributed by atoms with Crippen LogP contribution in [-0.4, -0.2) is 35.3 Å². The number of anilines is 1. The van der Waals surface area contributed by atoms with Gasteiger partial charge in [0, 0.05) is 41.5 Å². The van der Waals surface area contributed by atoms with Crippen molar-refractivity contribution >= 4 is 29.1 Å². The number of hydrogen-bond acceptors (Lipinski definition) is 6. The van der Waals surface area contributed by atoms with Crippen LogP contribution in [0, 0.1) is 6.92 Å². The van der Waals surface area contributed by atoms with E-state index in [9.17, 15) is 9.90 Å². The van der Waals surface area contributed by atoms with Crippen LogP contribution in [0.4, 0.5) is 5.69 Å². The molecule has 2 aromatic rings. The van der Waals surface area contributed by atoms with Gasteiger partial charge in [-0.3, -0.25) is 4.79 Å². The van der Waals surface area contributed by atoms with E-state index in [4.69, 9.17) is 0 Å². The Balaban J connectivity index is 1.95. The zero-order valence-corrected chi connectivity index (χ0v) is 14.9. The van der Waals surface area contributed by atoms with E-state index in [1.807, 2.05) is 18.4 Å². The predicted molar refractivity (Wildman–Crippen MR) is 98.0 cm³/mol. The average Bonchev–Trinajstić information content (AvgIpc) is 2.95. The quantitative estimate of drug-likeness (QED) is 0.597. The lowest BCUT2D eigenvalue weighted by Crippen LogP contribution is -2.21. The van der Waals surface area contributed by atoms with E-state index < -0.39 is 0 Å². The molecule has 0 spiro atoms. The molecular weight excluding hydrogens is 324 g/mol. The second-order valence-corrected chi connectivity index (χ2v) is 6.21. The van der Waals surface area contributed by atoms with E-state index in [2.05, 4.69) is 34.3 Å². The molecule has 0 saturated carbocycles. The lowest BCUT2D eigenvalue weighted by molar-refractivity contribution is -0.120. The van der Waals surface area contributed by atoms with Gasteiger partial charge in [0.2, 0.25) is 5.91 Å². The molecule has 0 bridgehead atoms. The molecule has 0 fully saturated rings. The standard InChI is InChI=1S/C17H22N4O2S/c1-4-21(5-2)14-7-6-13(15(22)8-14)10-18-20-16(23)9-17-19-12(3)11-24-17/h6-8,10-11,22H,4-5,9H2,1-3H3,(H,20,23)/b18-10+. The summed E-state index contributed by atoms with van der Waals surface area (Å²) >= 11 is 1.45. The summed E-state index contributed by atoms with van der Waals surface area (Å²) in [5.41, 5.74) is 4.87. The Hall–Kier alpha value is -2.41. The van der Waals surface area contributed by atoms with Gasteiger partial charge in [-0.2, -0.15) is 5.10 Å². The van der Waals surface area contributed by atoms with Crippen molar-refractivity contribution in [2.75, 3.05) is 18.0 Å². The molecule has 1 aromatic carbocycles. The van der Waals surface area contributed by atoms with Crippen LogP contribution in [-0.2, 0) is 11.2 Å². The Morgan fingerprint density at radius 3 is 2.75 bits per heavy atom. The van der Waals surface area contributed by atoms with Gasteiger partial charge in [-0.05, 0) is 32.9 Å². The molecular formula is C17H22N4O2S. The van der Waals surface area contributed by atoms with Crippen molar-refractivity contribution < 1.29 is 9.90 Å². The molecule has 1 amide bonds. The van der Waals surface area contributed by atoms with E-state index in [0.29, 0.717) is 5.56 Å². The van der Waals surface area contributed by atoms with Gasteiger partial charge in [-0.15, -0.1) is 11.3 Å². The summed E-state index contributed by atoms with van der Waals surface area (Å²) < 4.78 is 0. The van der Waals surface area contributed by atoms with Crippen molar-refractivity contribution in [3.63, 3.8) is 0 Å². The molecule has 0 aliphatic heterocycles. The molecule has 128 valence electrons. The summed E-state index contributed by atoms with van der Waals surface area (Å²) in [6.45, 7) is 7.76. The Bertz CT molecular complexity index is 723. The number of carbonyl (C=O) groups is 1. The highest BCUT2D eigenvalue weighted by molar-refractivity contribution is 7.09. The van der Waals surface area contributed by atoms with Gasteiger partial charge in [0.1, 0.15) is 10.8 Å². The minimum Gasteiger partial charge on any atom is -0.507 e. The van der Waals surface area contributed by atoms with Gasteiger partial charge in [-0.1, -0.05) is 0 Å². The number of thiazole rings is 1. The van der Waals surface area contributed by atoms with Crippen molar-refractivity contribution in [3.8, 4) is 5.75 Å². The summed E-state index contributed by atoms with van der Waals surface area (Å²) in [5.74, 6) is -0.104. The highest BCUT2D eigenvalue weighted by Crippen LogP contribution is 2.23. The number of nitrogens with one attached hydrogen (secondary N) is 1. The number of amides is 1. The van der Waals surface area contributed by atoms with Crippen LogP contribution >= 0.6 is 11.3 Å². The Morgan fingerprint density at radius 2 is 2.17 bits per heavy atom. The second kappa shape index (κ2) is 8.44. The van der Waals surface area contributed by atoms with E-state index in [1.165, 1.54) is 17.6 Å². The first kappa shape index (κ1) is 17.9. The maximum Gasteiger partial charge on any atom is 0.246 e. The van der Waals surface area contributed by atoms with Gasteiger partial charge >= 0.3 is 0 Å². The van der Waals surface area contributed by atoms with Gasteiger partial charge in [0.05, 0.1) is 12.6 Å². The van der Waals surface area contributed by atoms with Gasteiger partial charge in [0.15, 0.2) is 0 Å². The number of hydrogen-bond donors (Lipinski definition) is 2. The van der Waals surface area contributed by atoms with E-state index in [-0.39, 0.29) is 18.1 Å². The van der Waals surface area contributed by atoms with Gasteiger partial charge in [-0.25, -0.2) is 10.4 Å². The third kappa shape index (κ3) is 4.79. The molecule has 0 saturated heterocycles. The fraction of sp³-hybridized carbons (Fsp3) is 0.353. The lowest BCUT2D eigenvalue weighted by atomic mass is 10.2. The van der Waals surface area contributed by atoms with Gasteiger partial charge in [0.25, 0.3) is 0 Å². The number of hydrazone groups is 1. The first-order valence-electron chi connectivity index (χ1n) is 7.84. The zero-order valence-electron chi connectivity index (χ0n) is 14.1. The summed E-state index contributed by atoms with van der Waals surface area (Å²) in [4.78, 5) is 18.2. The lowest BCUT2D eigenvalue weighted by Gasteiger charge is -2.21. The van der Waals surface area contributed by atoms with Crippen LogP contribution in [0.3, 0.4) is 0 Å². The van der Waals surface area contributed by atoms with Crippen LogP contribution < -0.4 is 10.3 Å². The van der Waals surface area contributed by atoms with E-state index in [1.54, 1.807) is 12.1 Å². The normalized spacial score (nSPS) is 11.0. The third-order valence-corrected chi connectivity index (χ3v) is 4.48. The third-order valence-electron chi connectivity index (χ3n) is 3.51. The maximum atomic E-state index is 11.8. The number of phenolic OH excluding ortho intramolecular Hbond substituents is 1. The van der Waals surface area contributed by atoms with Crippen molar-refractivity contribution in [2.45, 2.75) is 27.2 Å². The Labute approximate surface area is 145 Å². The predicted octanol–water partition coefficient (Wildman–Crippen LogP) is 2.70.